The Morgan fingerprint density at radius 3 is 1.80 bits per heavy atom. The Morgan fingerprint density at radius 1 is 0.840 bits per heavy atom. The van der Waals surface area contributed by atoms with Crippen LogP contribution in [0, 0.1) is 5.92 Å². The van der Waals surface area contributed by atoms with Gasteiger partial charge in [0.2, 0.25) is 5.78 Å². The molecule has 0 amide bonds. The molecule has 0 aromatic heterocycles. The van der Waals surface area contributed by atoms with Crippen molar-refractivity contribution in [2.45, 2.75) is 34.8 Å². The molecule has 12 heteroatoms. The van der Waals surface area contributed by atoms with Crippen LogP contribution in [0.1, 0.15) is 18.4 Å². The Kier molecular flexibility index (Phi) is 14.7. The van der Waals surface area contributed by atoms with Crippen LogP contribution in [0.15, 0.2) is 125 Å². The molecule has 4 unspecified atom stereocenters. The maximum atomic E-state index is 12.1. The van der Waals surface area contributed by atoms with Crippen molar-refractivity contribution in [1.29, 1.82) is 0 Å². The van der Waals surface area contributed by atoms with Crippen molar-refractivity contribution < 1.29 is 44.3 Å². The minimum absolute atomic E-state index is 0.0737. The molecular formula is C38H42N2O9S. The van der Waals surface area contributed by atoms with E-state index in [0.717, 1.165) is 18.7 Å². The van der Waals surface area contributed by atoms with Gasteiger partial charge in [-0.05, 0) is 55.9 Å². The lowest BCUT2D eigenvalue weighted by Crippen LogP contribution is -2.39. The number of nitrogens with zero attached hydrogens (tertiary/aromatic N) is 2. The van der Waals surface area contributed by atoms with Gasteiger partial charge in [0.1, 0.15) is 0 Å². The number of anilines is 2. The monoisotopic (exact) mass is 702 g/mol. The van der Waals surface area contributed by atoms with Gasteiger partial charge in [-0.1, -0.05) is 79.4 Å². The number of carboxylic acid groups (broad SMARTS) is 2. The topological polar surface area (TPSA) is 165 Å². The van der Waals surface area contributed by atoms with Gasteiger partial charge in [0.25, 0.3) is 0 Å². The van der Waals surface area contributed by atoms with Crippen LogP contribution in [-0.4, -0.2) is 95.3 Å². The molecule has 5 rings (SSSR count). The van der Waals surface area contributed by atoms with Gasteiger partial charge in [0.15, 0.2) is 23.8 Å². The molecule has 1 aliphatic carbocycles. The highest BCUT2D eigenvalue weighted by atomic mass is 32.2. The second kappa shape index (κ2) is 18.7. The molecule has 11 nitrogen and oxygen atoms in total. The quantitative estimate of drug-likeness (QED) is 0.158. The summed E-state index contributed by atoms with van der Waals surface area (Å²) in [6.07, 6.45) is -0.301. The van der Waals surface area contributed by atoms with E-state index in [1.54, 1.807) is 6.08 Å². The SMILES string of the molecule is C=CC(C1=CC(=O)C(OC)=CC1=O)c1ccccc1.CC(CN(C)C)CN1c2ccccc2Sc2ccccc21.O=C(O)C(O)C(O)C(=O)O. The largest absolute Gasteiger partial charge is 0.493 e. The number of allylic oxidation sites excluding steroid dienone is 4. The third kappa shape index (κ3) is 10.5. The van der Waals surface area contributed by atoms with Gasteiger partial charge in [0.05, 0.1) is 18.5 Å². The summed E-state index contributed by atoms with van der Waals surface area (Å²) in [5.74, 6) is -3.64. The Hall–Kier alpha value is -5.01. The fourth-order valence-corrected chi connectivity index (χ4v) is 6.40. The van der Waals surface area contributed by atoms with Crippen molar-refractivity contribution in [3.63, 3.8) is 0 Å². The van der Waals surface area contributed by atoms with Crippen LogP contribution in [-0.2, 0) is 23.9 Å². The number of fused-ring (bicyclic) bond motifs is 2. The molecule has 2 aliphatic rings. The van der Waals surface area contributed by atoms with Gasteiger partial charge in [-0.2, -0.15) is 0 Å². The highest BCUT2D eigenvalue weighted by molar-refractivity contribution is 7.99. The molecule has 50 heavy (non-hydrogen) atoms. The molecule has 0 bridgehead atoms. The van der Waals surface area contributed by atoms with E-state index in [2.05, 4.69) is 85.9 Å². The second-order valence-corrected chi connectivity index (χ2v) is 12.8. The first kappa shape index (κ1) is 39.4. The van der Waals surface area contributed by atoms with E-state index in [0.29, 0.717) is 11.5 Å². The summed E-state index contributed by atoms with van der Waals surface area (Å²) in [5.41, 5.74) is 4.03. The number of carbonyl (C=O) groups excluding carboxylic acids is 2. The molecule has 264 valence electrons. The normalized spacial score (nSPS) is 15.6. The zero-order valence-corrected chi connectivity index (χ0v) is 29.1. The smallest absolute Gasteiger partial charge is 0.335 e. The van der Waals surface area contributed by atoms with E-state index >= 15 is 0 Å². The van der Waals surface area contributed by atoms with Gasteiger partial charge in [-0.25, -0.2) is 9.59 Å². The number of hydrogen-bond acceptors (Lipinski definition) is 10. The molecule has 0 saturated heterocycles. The van der Waals surface area contributed by atoms with E-state index in [4.69, 9.17) is 25.2 Å². The zero-order chi connectivity index (χ0) is 37.0. The minimum atomic E-state index is -2.27. The van der Waals surface area contributed by atoms with Crippen LogP contribution < -0.4 is 4.90 Å². The lowest BCUT2D eigenvalue weighted by atomic mass is 9.85. The molecule has 4 atom stereocenters. The third-order valence-electron chi connectivity index (χ3n) is 7.53. The number of rotatable bonds is 11. The predicted molar refractivity (Wildman–Crippen MR) is 192 cm³/mol. The van der Waals surface area contributed by atoms with Crippen LogP contribution in [0.3, 0.4) is 0 Å². The number of benzene rings is 3. The molecule has 0 saturated carbocycles. The molecule has 3 aromatic carbocycles. The van der Waals surface area contributed by atoms with Crippen molar-refractivity contribution in [1.82, 2.24) is 4.90 Å². The molecule has 0 spiro atoms. The fraction of sp³-hybridized carbons (Fsp3) is 0.263. The minimum Gasteiger partial charge on any atom is -0.493 e. The van der Waals surface area contributed by atoms with E-state index < -0.39 is 24.1 Å². The molecule has 0 fully saturated rings. The average molecular weight is 703 g/mol. The van der Waals surface area contributed by atoms with Gasteiger partial charge in [-0.3, -0.25) is 9.59 Å². The third-order valence-corrected chi connectivity index (χ3v) is 8.66. The summed E-state index contributed by atoms with van der Waals surface area (Å²) in [5, 5.41) is 32.5. The van der Waals surface area contributed by atoms with Crippen molar-refractivity contribution in [3.8, 4) is 0 Å². The fourth-order valence-electron chi connectivity index (χ4n) is 5.30. The highest BCUT2D eigenvalue weighted by Gasteiger charge is 2.29. The Morgan fingerprint density at radius 2 is 1.34 bits per heavy atom. The number of para-hydroxylation sites is 2. The lowest BCUT2D eigenvalue weighted by Gasteiger charge is -2.35. The number of ketones is 2. The molecule has 3 aromatic rings. The van der Waals surface area contributed by atoms with Crippen LogP contribution >= 0.6 is 11.8 Å². The summed E-state index contributed by atoms with van der Waals surface area (Å²) in [7, 11) is 5.66. The number of aliphatic hydroxyl groups is 2. The van der Waals surface area contributed by atoms with Gasteiger partial charge >= 0.3 is 11.9 Å². The summed E-state index contributed by atoms with van der Waals surface area (Å²) in [4.78, 5) is 50.8. The molecule has 0 radical (unpaired) electrons. The maximum absolute atomic E-state index is 12.1. The van der Waals surface area contributed by atoms with Crippen LogP contribution in [0.25, 0.3) is 0 Å². The van der Waals surface area contributed by atoms with Crippen LogP contribution in [0.5, 0.6) is 0 Å². The average Bonchev–Trinajstić information content (AvgIpc) is 3.09. The van der Waals surface area contributed by atoms with Crippen LogP contribution in [0.2, 0.25) is 0 Å². The molecule has 1 heterocycles. The van der Waals surface area contributed by atoms with Gasteiger partial charge in [-0.15, -0.1) is 6.58 Å². The summed E-state index contributed by atoms with van der Waals surface area (Å²) in [6.45, 7) is 8.23. The van der Waals surface area contributed by atoms with E-state index in [1.807, 2.05) is 42.1 Å². The van der Waals surface area contributed by atoms with Crippen molar-refractivity contribution in [2.75, 3.05) is 39.2 Å². The molecule has 4 N–H and O–H groups in total. The lowest BCUT2D eigenvalue weighted by molar-refractivity contribution is -0.165. The number of ether oxygens (including phenoxy) is 1. The molecule has 1 aliphatic heterocycles. The number of carboxylic acids is 2. The summed E-state index contributed by atoms with van der Waals surface area (Å²) < 4.78 is 4.86. The Labute approximate surface area is 295 Å². The predicted octanol–water partition coefficient (Wildman–Crippen LogP) is 4.93. The zero-order valence-electron chi connectivity index (χ0n) is 28.3. The van der Waals surface area contributed by atoms with Gasteiger partial charge < -0.3 is 35.0 Å². The van der Waals surface area contributed by atoms with E-state index in [1.165, 1.54) is 40.4 Å². The number of methoxy groups -OCH3 is 1. The van der Waals surface area contributed by atoms with Gasteiger partial charge in [0, 0.05) is 40.4 Å². The first-order valence-electron chi connectivity index (χ1n) is 15.6. The standard InChI is InChI=1S/C18H22N2S.C16H14O3.C4H6O6/c1-14(12-19(2)3)13-20-15-8-4-6-10-17(15)21-18-11-7-5-9-16(18)20;1-3-12(11-7-5-4-6-8-11)13-9-15(18)16(19-2)10-14(13)17;5-1(3(7)8)2(6)4(9)10/h4-11,14H,12-13H2,1-3H3;3-10,12H,1H2,2H3;1-2,5-6H,(H,7,8)(H,9,10). The number of carbonyl (C=O) groups is 4. The maximum Gasteiger partial charge on any atom is 0.335 e. The Balaban J connectivity index is 0.000000216. The number of aliphatic carboxylic acids is 2. The van der Waals surface area contributed by atoms with Crippen molar-refractivity contribution >= 4 is 46.6 Å². The highest BCUT2D eigenvalue weighted by Crippen LogP contribution is 2.48. The van der Waals surface area contributed by atoms with E-state index in [9.17, 15) is 19.2 Å². The molecular weight excluding hydrogens is 660 g/mol. The van der Waals surface area contributed by atoms with Crippen molar-refractivity contribution in [3.05, 3.63) is 121 Å². The summed E-state index contributed by atoms with van der Waals surface area (Å²) in [6, 6.07) is 26.9. The number of hydrogen-bond donors (Lipinski definition) is 4. The Bertz CT molecular complexity index is 1680. The second-order valence-electron chi connectivity index (χ2n) is 11.7. The first-order valence-corrected chi connectivity index (χ1v) is 16.4. The number of aliphatic hydroxyl groups excluding tert-OH is 2. The first-order chi connectivity index (χ1) is 23.8. The summed E-state index contributed by atoms with van der Waals surface area (Å²) >= 11 is 1.88. The van der Waals surface area contributed by atoms with Crippen LogP contribution in [0.4, 0.5) is 11.4 Å². The van der Waals surface area contributed by atoms with Crippen molar-refractivity contribution in [2.24, 2.45) is 5.92 Å². The van der Waals surface area contributed by atoms with E-state index in [-0.39, 0.29) is 23.2 Å².